The predicted molar refractivity (Wildman–Crippen MR) is 64.8 cm³/mol. The number of nitriles is 1. The highest BCUT2D eigenvalue weighted by Gasteiger charge is 2.14. The van der Waals surface area contributed by atoms with Gasteiger partial charge in [0.05, 0.1) is 11.6 Å². The lowest BCUT2D eigenvalue weighted by molar-refractivity contribution is -0.0169. The fourth-order valence-corrected chi connectivity index (χ4v) is 1.62. The van der Waals surface area contributed by atoms with Gasteiger partial charge in [0.25, 0.3) is 0 Å². The van der Waals surface area contributed by atoms with E-state index in [1.54, 1.807) is 24.3 Å². The monoisotopic (exact) mass is 229 g/mol. The summed E-state index contributed by atoms with van der Waals surface area (Å²) in [5, 5.41) is 10.7. The molecule has 0 saturated carbocycles. The molecule has 1 N–H and O–H groups in total. The highest BCUT2D eigenvalue weighted by Crippen LogP contribution is 2.12. The maximum Gasteiger partial charge on any atom is 0.149 e. The Hall–Kier alpha value is -1.83. The second-order valence-corrected chi connectivity index (χ2v) is 4.04. The predicted octanol–water partition coefficient (Wildman–Crippen LogP) is 2.01. The van der Waals surface area contributed by atoms with Crippen LogP contribution in [0.4, 0.5) is 0 Å². The third kappa shape index (κ3) is 3.06. The van der Waals surface area contributed by atoms with Gasteiger partial charge in [-0.05, 0) is 37.6 Å². The molecule has 4 heteroatoms. The smallest absolute Gasteiger partial charge is 0.149 e. The minimum Gasteiger partial charge on any atom is -0.394 e. The molecule has 1 aromatic rings. The molecule has 0 bridgehead atoms. The second-order valence-electron chi connectivity index (χ2n) is 4.04. The van der Waals surface area contributed by atoms with Crippen LogP contribution in [0.25, 0.3) is 0 Å². The lowest BCUT2D eigenvalue weighted by Crippen LogP contribution is -2.47. The largest absolute Gasteiger partial charge is 0.394 e. The van der Waals surface area contributed by atoms with Gasteiger partial charge in [0.1, 0.15) is 5.75 Å². The first-order valence-electron chi connectivity index (χ1n) is 5.64. The highest BCUT2D eigenvalue weighted by molar-refractivity contribution is 5.34. The lowest BCUT2D eigenvalue weighted by Gasteiger charge is -2.29. The molecule has 0 amide bonds. The Morgan fingerprint density at radius 1 is 1.35 bits per heavy atom. The average molecular weight is 229 g/mol. The van der Waals surface area contributed by atoms with Gasteiger partial charge >= 0.3 is 0 Å². The van der Waals surface area contributed by atoms with Crippen LogP contribution in [0.1, 0.15) is 18.9 Å². The summed E-state index contributed by atoms with van der Waals surface area (Å²) in [6.07, 6.45) is 5.30. The molecule has 88 valence electrons. The molecule has 0 radical (unpaired) electrons. The summed E-state index contributed by atoms with van der Waals surface area (Å²) in [7, 11) is 0. The highest BCUT2D eigenvalue weighted by atomic mass is 16.7. The number of benzene rings is 1. The lowest BCUT2D eigenvalue weighted by atomic mass is 10.1. The van der Waals surface area contributed by atoms with E-state index < -0.39 is 0 Å². The summed E-state index contributed by atoms with van der Waals surface area (Å²) < 4.78 is 0. The molecular weight excluding hydrogens is 214 g/mol. The molecular formula is C13H15N3O. The van der Waals surface area contributed by atoms with Gasteiger partial charge in [0.15, 0.2) is 0 Å². The minimum atomic E-state index is 0.415. The zero-order valence-electron chi connectivity index (χ0n) is 9.76. The Morgan fingerprint density at radius 2 is 2.12 bits per heavy atom. The van der Waals surface area contributed by atoms with E-state index in [2.05, 4.69) is 30.7 Å². The van der Waals surface area contributed by atoms with Crippen LogP contribution in [0.5, 0.6) is 5.75 Å². The molecule has 0 fully saturated rings. The number of rotatable bonds is 3. The third-order valence-electron chi connectivity index (χ3n) is 2.74. The van der Waals surface area contributed by atoms with Crippen LogP contribution in [-0.4, -0.2) is 17.6 Å². The maximum absolute atomic E-state index is 8.67. The molecule has 17 heavy (non-hydrogen) atoms. The van der Waals surface area contributed by atoms with Crippen molar-refractivity contribution in [3.05, 3.63) is 42.0 Å². The molecule has 0 saturated heterocycles. The van der Waals surface area contributed by atoms with Gasteiger partial charge in [-0.15, -0.1) is 0 Å². The molecule has 2 rings (SSSR count). The Bertz CT molecular complexity index is 433. The SMILES string of the molecule is CC1CC=CCN1NOc1ccc(C#N)cc1. The number of nitrogens with zero attached hydrogens (tertiary/aromatic N) is 2. The number of nitrogens with one attached hydrogen (secondary N) is 1. The van der Waals surface area contributed by atoms with Crippen LogP contribution in [-0.2, 0) is 0 Å². The van der Waals surface area contributed by atoms with Crippen molar-refractivity contribution in [2.75, 3.05) is 6.54 Å². The first-order valence-corrected chi connectivity index (χ1v) is 5.64. The molecule has 0 spiro atoms. The van der Waals surface area contributed by atoms with Crippen molar-refractivity contribution in [3.63, 3.8) is 0 Å². The fourth-order valence-electron chi connectivity index (χ4n) is 1.62. The van der Waals surface area contributed by atoms with Crippen LogP contribution in [0, 0.1) is 11.3 Å². The third-order valence-corrected chi connectivity index (χ3v) is 2.74. The van der Waals surface area contributed by atoms with Crippen molar-refractivity contribution in [2.45, 2.75) is 19.4 Å². The average Bonchev–Trinajstić information content (AvgIpc) is 2.38. The standard InChI is InChI=1S/C13H15N3O/c1-11-4-2-3-9-16(11)15-17-13-7-5-12(10-14)6-8-13/h2-3,5-8,11,15H,4,9H2,1H3. The van der Waals surface area contributed by atoms with Crippen molar-refractivity contribution in [1.82, 2.24) is 10.6 Å². The molecule has 0 aromatic heterocycles. The molecule has 1 unspecified atom stereocenters. The van der Waals surface area contributed by atoms with Gasteiger partial charge in [-0.3, -0.25) is 0 Å². The summed E-state index contributed by atoms with van der Waals surface area (Å²) in [5.74, 6) is 0.700. The minimum absolute atomic E-state index is 0.415. The van der Waals surface area contributed by atoms with E-state index in [1.165, 1.54) is 0 Å². The van der Waals surface area contributed by atoms with Gasteiger partial charge in [0.2, 0.25) is 0 Å². The van der Waals surface area contributed by atoms with Crippen molar-refractivity contribution < 1.29 is 4.84 Å². The van der Waals surface area contributed by atoms with Crippen molar-refractivity contribution in [3.8, 4) is 11.8 Å². The zero-order chi connectivity index (χ0) is 12.1. The normalized spacial score (nSPS) is 19.9. The van der Waals surface area contributed by atoms with E-state index in [0.717, 1.165) is 13.0 Å². The number of hydrogen-bond acceptors (Lipinski definition) is 4. The Labute approximate surface area is 101 Å². The fraction of sp³-hybridized carbons (Fsp3) is 0.308. The molecule has 0 aliphatic carbocycles. The van der Waals surface area contributed by atoms with Crippen molar-refractivity contribution >= 4 is 0 Å². The summed E-state index contributed by atoms with van der Waals surface area (Å²) in [6.45, 7) is 2.97. The second kappa shape index (κ2) is 5.48. The Morgan fingerprint density at radius 3 is 2.76 bits per heavy atom. The van der Waals surface area contributed by atoms with Gasteiger partial charge in [-0.1, -0.05) is 17.7 Å². The Balaban J connectivity index is 1.89. The quantitative estimate of drug-likeness (QED) is 0.636. The first kappa shape index (κ1) is 11.6. The van der Waals surface area contributed by atoms with Gasteiger partial charge < -0.3 is 4.84 Å². The van der Waals surface area contributed by atoms with Crippen molar-refractivity contribution in [1.29, 1.82) is 5.26 Å². The van der Waals surface area contributed by atoms with Crippen LogP contribution >= 0.6 is 0 Å². The van der Waals surface area contributed by atoms with Gasteiger partial charge in [-0.2, -0.15) is 5.26 Å². The molecule has 1 aliphatic rings. The van der Waals surface area contributed by atoms with E-state index in [0.29, 0.717) is 17.4 Å². The summed E-state index contributed by atoms with van der Waals surface area (Å²) in [6, 6.07) is 9.50. The first-order chi connectivity index (χ1) is 8.29. The van der Waals surface area contributed by atoms with E-state index >= 15 is 0 Å². The Kier molecular flexibility index (Phi) is 3.76. The molecule has 4 nitrogen and oxygen atoms in total. The molecule has 1 aliphatic heterocycles. The van der Waals surface area contributed by atoms with Crippen LogP contribution in [0.2, 0.25) is 0 Å². The summed E-state index contributed by atoms with van der Waals surface area (Å²) in [4.78, 5) is 5.45. The summed E-state index contributed by atoms with van der Waals surface area (Å²) >= 11 is 0. The number of hydrazine groups is 1. The molecule has 1 aromatic carbocycles. The van der Waals surface area contributed by atoms with Gasteiger partial charge in [0, 0.05) is 12.6 Å². The topological polar surface area (TPSA) is 48.3 Å². The van der Waals surface area contributed by atoms with Crippen LogP contribution in [0.15, 0.2) is 36.4 Å². The van der Waals surface area contributed by atoms with E-state index in [1.807, 2.05) is 5.01 Å². The number of hydrogen-bond donors (Lipinski definition) is 1. The van der Waals surface area contributed by atoms with E-state index in [-0.39, 0.29) is 0 Å². The summed E-state index contributed by atoms with van der Waals surface area (Å²) in [5.41, 5.74) is 3.56. The zero-order valence-corrected chi connectivity index (χ0v) is 9.76. The van der Waals surface area contributed by atoms with Crippen molar-refractivity contribution in [2.24, 2.45) is 0 Å². The van der Waals surface area contributed by atoms with E-state index in [4.69, 9.17) is 10.1 Å². The molecule has 1 heterocycles. The molecule has 1 atom stereocenters. The maximum atomic E-state index is 8.67. The van der Waals surface area contributed by atoms with Gasteiger partial charge in [-0.25, -0.2) is 5.01 Å². The van der Waals surface area contributed by atoms with E-state index in [9.17, 15) is 0 Å². The van der Waals surface area contributed by atoms with Crippen LogP contribution in [0.3, 0.4) is 0 Å². The van der Waals surface area contributed by atoms with Crippen LogP contribution < -0.4 is 10.4 Å².